The molecule has 27 heavy (non-hydrogen) atoms. The highest BCUT2D eigenvalue weighted by atomic mass is 35.5. The monoisotopic (exact) mass is 407 g/mol. The highest BCUT2D eigenvalue weighted by molar-refractivity contribution is 7.98. The van der Waals surface area contributed by atoms with Crippen LogP contribution in [0.15, 0.2) is 41.7 Å². The van der Waals surface area contributed by atoms with Gasteiger partial charge in [0.1, 0.15) is 0 Å². The summed E-state index contributed by atoms with van der Waals surface area (Å²) in [6, 6.07) is 9.65. The number of halogens is 1. The van der Waals surface area contributed by atoms with Crippen LogP contribution in [0.25, 0.3) is 0 Å². The summed E-state index contributed by atoms with van der Waals surface area (Å²) in [5, 5.41) is 0.486. The maximum atomic E-state index is 12.7. The Morgan fingerprint density at radius 2 is 1.89 bits per heavy atom. The summed E-state index contributed by atoms with van der Waals surface area (Å²) >= 11 is 7.25. The number of amides is 1. The molecule has 1 heterocycles. The van der Waals surface area contributed by atoms with Crippen LogP contribution in [0.3, 0.4) is 0 Å². The normalized spacial score (nSPS) is 11.1. The fourth-order valence-electron chi connectivity index (χ4n) is 2.33. The van der Waals surface area contributed by atoms with Crippen LogP contribution in [-0.4, -0.2) is 45.1 Å². The van der Waals surface area contributed by atoms with E-state index in [9.17, 15) is 9.59 Å². The van der Waals surface area contributed by atoms with Crippen molar-refractivity contribution < 1.29 is 14.3 Å². The topological polar surface area (TPSA) is 72.4 Å². The number of ether oxygens (including phenoxy) is 1. The van der Waals surface area contributed by atoms with Gasteiger partial charge >= 0.3 is 5.97 Å². The third-order valence-electron chi connectivity index (χ3n) is 3.72. The van der Waals surface area contributed by atoms with Crippen LogP contribution in [0.4, 0.5) is 0 Å². The Labute approximate surface area is 168 Å². The van der Waals surface area contributed by atoms with Crippen molar-refractivity contribution in [2.45, 2.75) is 38.0 Å². The fraction of sp³-hybridized carbons (Fsp3) is 0.368. The molecule has 0 spiro atoms. The van der Waals surface area contributed by atoms with Gasteiger partial charge in [-0.05, 0) is 32.6 Å². The Balaban J connectivity index is 2.08. The van der Waals surface area contributed by atoms with Gasteiger partial charge in [0.15, 0.2) is 17.5 Å². The zero-order chi connectivity index (χ0) is 20.0. The molecule has 1 aromatic heterocycles. The van der Waals surface area contributed by atoms with Crippen LogP contribution in [-0.2, 0) is 16.1 Å². The fourth-order valence-corrected chi connectivity index (χ4v) is 2.84. The van der Waals surface area contributed by atoms with Gasteiger partial charge in [-0.1, -0.05) is 53.7 Å². The van der Waals surface area contributed by atoms with Gasteiger partial charge < -0.3 is 9.64 Å². The summed E-state index contributed by atoms with van der Waals surface area (Å²) in [5.41, 5.74) is 0.516. The first-order chi connectivity index (χ1) is 12.7. The van der Waals surface area contributed by atoms with Crippen molar-refractivity contribution in [1.29, 1.82) is 0 Å². The Morgan fingerprint density at radius 1 is 1.22 bits per heavy atom. The molecule has 0 atom stereocenters. The number of nitrogens with zero attached hydrogens (tertiary/aromatic N) is 3. The molecule has 0 saturated carbocycles. The second-order valence-corrected chi connectivity index (χ2v) is 7.95. The van der Waals surface area contributed by atoms with E-state index in [4.69, 9.17) is 16.3 Å². The first-order valence-corrected chi connectivity index (χ1v) is 9.90. The first-order valence-electron chi connectivity index (χ1n) is 8.30. The first kappa shape index (κ1) is 21.2. The van der Waals surface area contributed by atoms with Gasteiger partial charge in [-0.2, -0.15) is 0 Å². The zero-order valence-corrected chi connectivity index (χ0v) is 17.3. The van der Waals surface area contributed by atoms with Crippen molar-refractivity contribution in [2.75, 3.05) is 12.9 Å². The van der Waals surface area contributed by atoms with Crippen molar-refractivity contribution >= 4 is 35.2 Å². The Morgan fingerprint density at radius 3 is 2.48 bits per heavy atom. The van der Waals surface area contributed by atoms with Gasteiger partial charge in [-0.15, -0.1) is 0 Å². The second kappa shape index (κ2) is 9.19. The summed E-state index contributed by atoms with van der Waals surface area (Å²) < 4.78 is 5.17. The number of carbonyl (C=O) groups excluding carboxylic acids is 2. The third kappa shape index (κ3) is 5.94. The van der Waals surface area contributed by atoms with E-state index >= 15 is 0 Å². The minimum absolute atomic E-state index is 0.0471. The lowest BCUT2D eigenvalue weighted by atomic mass is 10.0. The second-order valence-electron chi connectivity index (χ2n) is 6.77. The van der Waals surface area contributed by atoms with Gasteiger partial charge in [-0.3, -0.25) is 4.79 Å². The van der Waals surface area contributed by atoms with Gasteiger partial charge in [0.05, 0.1) is 11.2 Å². The quantitative estimate of drug-likeness (QED) is 0.411. The summed E-state index contributed by atoms with van der Waals surface area (Å²) in [5.74, 6) is -1.05. The van der Waals surface area contributed by atoms with Gasteiger partial charge in [-0.25, -0.2) is 14.8 Å². The number of esters is 1. The summed E-state index contributed by atoms with van der Waals surface area (Å²) in [7, 11) is 0. The lowest BCUT2D eigenvalue weighted by Crippen LogP contribution is -2.46. The van der Waals surface area contributed by atoms with Gasteiger partial charge in [0.25, 0.3) is 5.91 Å². The molecule has 8 heteroatoms. The standard InChI is InChI=1S/C19H22ClN3O3S/c1-19(2,3)23(11-13-8-6-5-7-9-13)15(24)12-26-17(25)16-14(20)10-21-18(22-16)27-4/h5-10H,11-12H2,1-4H3. The largest absolute Gasteiger partial charge is 0.451 e. The molecule has 2 aromatic rings. The molecule has 0 N–H and O–H groups in total. The molecule has 0 aliphatic carbocycles. The molecular weight excluding hydrogens is 386 g/mol. The van der Waals surface area contributed by atoms with E-state index in [1.54, 1.807) is 11.2 Å². The molecule has 0 radical (unpaired) electrons. The maximum Gasteiger partial charge on any atom is 0.359 e. The summed E-state index contributed by atoms with van der Waals surface area (Å²) in [6.45, 7) is 5.83. The van der Waals surface area contributed by atoms with Crippen LogP contribution in [0.2, 0.25) is 5.02 Å². The Bertz CT molecular complexity index is 810. The number of hydrogen-bond donors (Lipinski definition) is 0. The molecule has 0 unspecified atom stereocenters. The van der Waals surface area contributed by atoms with E-state index in [-0.39, 0.29) is 16.6 Å². The van der Waals surface area contributed by atoms with Gasteiger partial charge in [0, 0.05) is 12.1 Å². The smallest absolute Gasteiger partial charge is 0.359 e. The summed E-state index contributed by atoms with van der Waals surface area (Å²) in [4.78, 5) is 34.7. The summed E-state index contributed by atoms with van der Waals surface area (Å²) in [6.07, 6.45) is 3.13. The number of thioether (sulfide) groups is 1. The van der Waals surface area contributed by atoms with Crippen LogP contribution in [0.1, 0.15) is 36.8 Å². The van der Waals surface area contributed by atoms with Crippen molar-refractivity contribution in [3.8, 4) is 0 Å². The van der Waals surface area contributed by atoms with Crippen molar-refractivity contribution in [3.63, 3.8) is 0 Å². The van der Waals surface area contributed by atoms with Crippen LogP contribution in [0, 0.1) is 0 Å². The highest BCUT2D eigenvalue weighted by Gasteiger charge is 2.28. The SMILES string of the molecule is CSc1ncc(Cl)c(C(=O)OCC(=O)N(Cc2ccccc2)C(C)(C)C)n1. The average Bonchev–Trinajstić information content (AvgIpc) is 2.64. The molecule has 2 rings (SSSR count). The van der Waals surface area contributed by atoms with Crippen molar-refractivity contribution in [3.05, 3.63) is 52.8 Å². The average molecular weight is 408 g/mol. The number of carbonyl (C=O) groups is 2. The van der Waals surface area contributed by atoms with E-state index in [1.165, 1.54) is 18.0 Å². The van der Waals surface area contributed by atoms with Crippen LogP contribution < -0.4 is 0 Å². The molecule has 0 saturated heterocycles. The third-order valence-corrected chi connectivity index (χ3v) is 4.56. The van der Waals surface area contributed by atoms with E-state index in [0.717, 1.165) is 5.56 Å². The number of aromatic nitrogens is 2. The Hall–Kier alpha value is -2.12. The Kier molecular flexibility index (Phi) is 7.21. The zero-order valence-electron chi connectivity index (χ0n) is 15.7. The molecule has 0 aliphatic heterocycles. The van der Waals surface area contributed by atoms with E-state index < -0.39 is 18.1 Å². The lowest BCUT2D eigenvalue weighted by molar-refractivity contribution is -0.140. The highest BCUT2D eigenvalue weighted by Crippen LogP contribution is 2.19. The molecule has 6 nitrogen and oxygen atoms in total. The molecule has 1 amide bonds. The molecular formula is C19H22ClN3O3S. The maximum absolute atomic E-state index is 12.7. The lowest BCUT2D eigenvalue weighted by Gasteiger charge is -2.35. The van der Waals surface area contributed by atoms with E-state index in [0.29, 0.717) is 11.7 Å². The number of rotatable bonds is 6. The number of hydrogen-bond acceptors (Lipinski definition) is 6. The predicted molar refractivity (Wildman–Crippen MR) is 106 cm³/mol. The molecule has 0 aliphatic rings. The van der Waals surface area contributed by atoms with E-state index in [2.05, 4.69) is 9.97 Å². The predicted octanol–water partition coefficient (Wildman–Crippen LogP) is 3.84. The van der Waals surface area contributed by atoms with Gasteiger partial charge in [0.2, 0.25) is 0 Å². The van der Waals surface area contributed by atoms with Crippen LogP contribution in [0.5, 0.6) is 0 Å². The van der Waals surface area contributed by atoms with Crippen LogP contribution >= 0.6 is 23.4 Å². The molecule has 1 aromatic carbocycles. The molecule has 0 bridgehead atoms. The molecule has 144 valence electrons. The van der Waals surface area contributed by atoms with E-state index in [1.807, 2.05) is 51.1 Å². The molecule has 0 fully saturated rings. The number of benzene rings is 1. The van der Waals surface area contributed by atoms with Crippen molar-refractivity contribution in [2.24, 2.45) is 0 Å². The minimum atomic E-state index is -0.750. The minimum Gasteiger partial charge on any atom is -0.451 e. The van der Waals surface area contributed by atoms with Crippen molar-refractivity contribution in [1.82, 2.24) is 14.9 Å².